The molecule has 1 aromatic rings. The highest BCUT2D eigenvalue weighted by Gasteiger charge is 2.52. The number of amides is 5. The number of carbonyl (C=O) groups is 7. The Morgan fingerprint density at radius 3 is 2.31 bits per heavy atom. The lowest BCUT2D eigenvalue weighted by molar-refractivity contribution is -0.152. The standard InChI is InChI=1S/C32H51N9O8/c1-7-10-21(28(45)30(47)33-15-24(43)44)40-14-13-20-16-41(27(19(20)6)32(40)49)31(48)26(18(4)5)35-29(46)25(17(2)3)34-23(42)12-9-8-11-22-36-38-39-37-22/h17-21,25-27H,7-16H2,1-6H3,(H,33,47)(H,34,42)(H,35,46)(H,43,44)(H,36,37,38,39)/t19-,20-,21?,25+,26-,27-/m0/s1. The van der Waals surface area contributed by atoms with Gasteiger partial charge in [-0.25, -0.2) is 5.10 Å². The largest absolute Gasteiger partial charge is 0.480 e. The predicted octanol–water partition coefficient (Wildman–Crippen LogP) is -0.172. The first-order valence-corrected chi connectivity index (χ1v) is 17.1. The van der Waals surface area contributed by atoms with Crippen molar-refractivity contribution < 1.29 is 38.7 Å². The van der Waals surface area contributed by atoms with Gasteiger partial charge in [-0.2, -0.15) is 0 Å². The number of aromatic amines is 1. The van der Waals surface area contributed by atoms with E-state index in [4.69, 9.17) is 5.11 Å². The molecule has 2 aliphatic heterocycles. The van der Waals surface area contributed by atoms with Crippen LogP contribution in [-0.4, -0.2) is 121 Å². The van der Waals surface area contributed by atoms with E-state index in [0.29, 0.717) is 44.5 Å². The highest BCUT2D eigenvalue weighted by molar-refractivity contribution is 6.38. The molecule has 5 amide bonds. The smallest absolute Gasteiger partial charge is 0.322 e. The van der Waals surface area contributed by atoms with Gasteiger partial charge in [0.2, 0.25) is 29.4 Å². The predicted molar refractivity (Wildman–Crippen MR) is 174 cm³/mol. The van der Waals surface area contributed by atoms with Crippen LogP contribution in [0.25, 0.3) is 0 Å². The lowest BCUT2D eigenvalue weighted by Gasteiger charge is -2.37. The summed E-state index contributed by atoms with van der Waals surface area (Å²) in [7, 11) is 0. The molecule has 2 aliphatic rings. The molecule has 3 heterocycles. The van der Waals surface area contributed by atoms with Crippen molar-refractivity contribution in [3.05, 3.63) is 5.82 Å². The van der Waals surface area contributed by atoms with E-state index >= 15 is 0 Å². The summed E-state index contributed by atoms with van der Waals surface area (Å²) in [6.45, 7) is 10.6. The molecule has 1 aromatic heterocycles. The third kappa shape index (κ3) is 10.0. The number of aliphatic carboxylic acids is 1. The van der Waals surface area contributed by atoms with Gasteiger partial charge in [-0.15, -0.1) is 5.10 Å². The molecule has 0 spiro atoms. The van der Waals surface area contributed by atoms with Gasteiger partial charge >= 0.3 is 5.97 Å². The number of carboxylic acids is 1. The zero-order valence-corrected chi connectivity index (χ0v) is 29.2. The number of H-pyrrole nitrogens is 1. The zero-order valence-electron chi connectivity index (χ0n) is 29.2. The van der Waals surface area contributed by atoms with Gasteiger partial charge in [0.15, 0.2) is 0 Å². The lowest BCUT2D eigenvalue weighted by Crippen LogP contribution is -2.61. The van der Waals surface area contributed by atoms with Crippen molar-refractivity contribution in [2.45, 2.75) is 111 Å². The van der Waals surface area contributed by atoms with E-state index in [0.717, 1.165) is 0 Å². The van der Waals surface area contributed by atoms with Crippen LogP contribution in [0.5, 0.6) is 0 Å². The Bertz CT molecular complexity index is 1350. The van der Waals surface area contributed by atoms with Gasteiger partial charge in [0.25, 0.3) is 5.91 Å². The Hall–Kier alpha value is -4.44. The first kappa shape index (κ1) is 39.0. The van der Waals surface area contributed by atoms with Crippen LogP contribution in [0.2, 0.25) is 0 Å². The Morgan fingerprint density at radius 1 is 1.02 bits per heavy atom. The fraction of sp³-hybridized carbons (Fsp3) is 0.750. The second-order valence-corrected chi connectivity index (χ2v) is 13.7. The summed E-state index contributed by atoms with van der Waals surface area (Å²) in [5.74, 6) is -5.31. The molecule has 0 radical (unpaired) electrons. The molecule has 5 N–H and O–H groups in total. The van der Waals surface area contributed by atoms with E-state index in [-0.39, 0.29) is 49.0 Å². The van der Waals surface area contributed by atoms with E-state index in [1.165, 1.54) is 9.80 Å². The maximum atomic E-state index is 14.2. The van der Waals surface area contributed by atoms with Crippen LogP contribution in [0.15, 0.2) is 0 Å². The zero-order chi connectivity index (χ0) is 36.4. The van der Waals surface area contributed by atoms with Crippen molar-refractivity contribution in [1.29, 1.82) is 0 Å². The van der Waals surface area contributed by atoms with Crippen molar-refractivity contribution in [2.24, 2.45) is 23.7 Å². The number of unbranched alkanes of at least 4 members (excludes halogenated alkanes) is 1. The summed E-state index contributed by atoms with van der Waals surface area (Å²) in [4.78, 5) is 94.2. The van der Waals surface area contributed by atoms with Crippen molar-refractivity contribution in [2.75, 3.05) is 19.6 Å². The Balaban J connectivity index is 1.72. The molecule has 1 unspecified atom stereocenters. The number of tetrazole rings is 1. The molecule has 49 heavy (non-hydrogen) atoms. The van der Waals surface area contributed by atoms with Crippen LogP contribution in [0, 0.1) is 23.7 Å². The lowest BCUT2D eigenvalue weighted by atomic mass is 9.91. The molecule has 6 atom stereocenters. The highest BCUT2D eigenvalue weighted by atomic mass is 16.4. The summed E-state index contributed by atoms with van der Waals surface area (Å²) in [6.07, 6.45) is 3.18. The van der Waals surface area contributed by atoms with Gasteiger partial charge in [-0.1, -0.05) is 48.0 Å². The third-order valence-electron chi connectivity index (χ3n) is 9.39. The first-order valence-electron chi connectivity index (χ1n) is 17.1. The number of aryl methyl sites for hydroxylation is 1. The molecule has 0 aromatic carbocycles. The molecule has 0 aliphatic carbocycles. The van der Waals surface area contributed by atoms with E-state index in [1.54, 1.807) is 27.7 Å². The highest BCUT2D eigenvalue weighted by Crippen LogP contribution is 2.37. The van der Waals surface area contributed by atoms with E-state index in [2.05, 4.69) is 36.6 Å². The minimum absolute atomic E-state index is 0.0624. The number of hydrogen-bond donors (Lipinski definition) is 5. The van der Waals surface area contributed by atoms with Gasteiger partial charge in [0.05, 0.1) is 0 Å². The fourth-order valence-electron chi connectivity index (χ4n) is 6.58. The van der Waals surface area contributed by atoms with Crippen molar-refractivity contribution in [3.8, 4) is 0 Å². The number of likely N-dealkylation sites (tertiary alicyclic amines) is 2. The van der Waals surface area contributed by atoms with Crippen LogP contribution < -0.4 is 16.0 Å². The Labute approximate surface area is 286 Å². The Kier molecular flexibility index (Phi) is 14.2. The number of Topliss-reactive ketones (excluding diaryl/α,β-unsaturated/α-hetero) is 1. The normalized spacial score (nSPS) is 20.8. The van der Waals surface area contributed by atoms with Gasteiger partial charge in [0.1, 0.15) is 36.5 Å². The van der Waals surface area contributed by atoms with Crippen LogP contribution in [0.3, 0.4) is 0 Å². The van der Waals surface area contributed by atoms with Crippen LogP contribution in [0.1, 0.15) is 85.9 Å². The molecule has 2 fully saturated rings. The second kappa shape index (κ2) is 17.8. The molecule has 3 rings (SSSR count). The third-order valence-corrected chi connectivity index (χ3v) is 9.39. The number of carbonyl (C=O) groups excluding carboxylic acids is 6. The number of hydrogen-bond acceptors (Lipinski definition) is 10. The summed E-state index contributed by atoms with van der Waals surface area (Å²) in [6, 6.07) is -3.92. The van der Waals surface area contributed by atoms with E-state index in [1.807, 2.05) is 13.8 Å². The van der Waals surface area contributed by atoms with Crippen LogP contribution >= 0.6 is 0 Å². The molecule has 2 bridgehead atoms. The van der Waals surface area contributed by atoms with Gasteiger partial charge in [-0.05, 0) is 59.8 Å². The van der Waals surface area contributed by atoms with E-state index < -0.39 is 66.1 Å². The molecule has 17 heteroatoms. The average Bonchev–Trinajstić information content (AvgIpc) is 3.66. The maximum Gasteiger partial charge on any atom is 0.322 e. The average molecular weight is 690 g/mol. The maximum absolute atomic E-state index is 14.2. The Morgan fingerprint density at radius 2 is 1.71 bits per heavy atom. The molecule has 0 saturated carbocycles. The topological polar surface area (TPSA) is 237 Å². The number of carboxylic acid groups (broad SMARTS) is 1. The minimum atomic E-state index is -1.30. The summed E-state index contributed by atoms with van der Waals surface area (Å²) in [5, 5.41) is 30.2. The van der Waals surface area contributed by atoms with Crippen LogP contribution in [-0.2, 0) is 40.0 Å². The molecule has 272 valence electrons. The number of nitrogens with zero attached hydrogens (tertiary/aromatic N) is 5. The van der Waals surface area contributed by atoms with Gasteiger partial charge in [0, 0.05) is 25.9 Å². The van der Waals surface area contributed by atoms with Gasteiger partial charge < -0.3 is 30.9 Å². The molecule has 2 saturated heterocycles. The molecular weight excluding hydrogens is 638 g/mol. The van der Waals surface area contributed by atoms with Crippen molar-refractivity contribution in [1.82, 2.24) is 46.4 Å². The summed E-state index contributed by atoms with van der Waals surface area (Å²) in [5.41, 5.74) is 0. The fourth-order valence-corrected chi connectivity index (χ4v) is 6.58. The molecular formula is C32H51N9O8. The van der Waals surface area contributed by atoms with Crippen molar-refractivity contribution in [3.63, 3.8) is 0 Å². The second-order valence-electron chi connectivity index (χ2n) is 13.7. The number of rotatable bonds is 18. The molecule has 17 nitrogen and oxygen atoms in total. The van der Waals surface area contributed by atoms with E-state index in [9.17, 15) is 33.6 Å². The minimum Gasteiger partial charge on any atom is -0.480 e. The van der Waals surface area contributed by atoms with Crippen molar-refractivity contribution >= 4 is 41.3 Å². The first-order chi connectivity index (χ1) is 23.2. The number of aromatic nitrogens is 4. The summed E-state index contributed by atoms with van der Waals surface area (Å²) >= 11 is 0. The van der Waals surface area contributed by atoms with Crippen LogP contribution in [0.4, 0.5) is 0 Å². The monoisotopic (exact) mass is 689 g/mol. The summed E-state index contributed by atoms with van der Waals surface area (Å²) < 4.78 is 0. The van der Waals surface area contributed by atoms with Gasteiger partial charge in [-0.3, -0.25) is 33.6 Å². The number of ketones is 1. The number of fused-ring (bicyclic) bond motifs is 2. The number of nitrogens with one attached hydrogen (secondary N) is 4. The SMILES string of the molecule is CCCC(C(=O)C(=O)NCC(=O)O)N1CC[C@H]2CN(C(=O)[C@@H](NC(=O)[C@H](NC(=O)CCCCc3nnn[nH]3)C(C)C)C(C)C)[C@H](C1=O)[C@H]2C. The quantitative estimate of drug-likeness (QED) is 0.100.